The SMILES string of the molecule is CC(C)CN(CCN(C)C)c1ccc(CN)c(Br)c1. The number of hydrogen-bond acceptors (Lipinski definition) is 3. The van der Waals surface area contributed by atoms with Gasteiger partial charge in [-0.15, -0.1) is 0 Å². The molecule has 2 N–H and O–H groups in total. The minimum absolute atomic E-state index is 0.572. The number of likely N-dealkylation sites (N-methyl/N-ethyl adjacent to an activating group) is 1. The molecule has 3 nitrogen and oxygen atoms in total. The number of nitrogens with zero attached hydrogens (tertiary/aromatic N) is 2. The van der Waals surface area contributed by atoms with Crippen molar-refractivity contribution in [1.82, 2.24) is 4.90 Å². The first-order chi connectivity index (χ1) is 8.93. The topological polar surface area (TPSA) is 32.5 Å². The lowest BCUT2D eigenvalue weighted by Gasteiger charge is -2.28. The molecular weight excluding hydrogens is 302 g/mol. The summed E-state index contributed by atoms with van der Waals surface area (Å²) in [6, 6.07) is 6.47. The maximum atomic E-state index is 5.71. The van der Waals surface area contributed by atoms with E-state index in [2.05, 4.69) is 71.9 Å². The Morgan fingerprint density at radius 1 is 1.21 bits per heavy atom. The molecule has 0 aromatic heterocycles. The Kier molecular flexibility index (Phi) is 6.83. The van der Waals surface area contributed by atoms with Crippen LogP contribution in [0.3, 0.4) is 0 Å². The predicted octanol–water partition coefficient (Wildman–Crippen LogP) is 2.93. The van der Waals surface area contributed by atoms with Crippen molar-refractivity contribution in [1.29, 1.82) is 0 Å². The second-order valence-electron chi connectivity index (χ2n) is 5.62. The molecule has 0 amide bonds. The van der Waals surface area contributed by atoms with E-state index in [0.29, 0.717) is 12.5 Å². The Bertz CT molecular complexity index is 391. The summed E-state index contributed by atoms with van der Waals surface area (Å²) < 4.78 is 1.10. The third kappa shape index (κ3) is 5.51. The van der Waals surface area contributed by atoms with Crippen molar-refractivity contribution in [3.05, 3.63) is 28.2 Å². The van der Waals surface area contributed by atoms with Gasteiger partial charge in [0.15, 0.2) is 0 Å². The number of hydrogen-bond donors (Lipinski definition) is 1. The summed E-state index contributed by atoms with van der Waals surface area (Å²) in [7, 11) is 4.22. The van der Waals surface area contributed by atoms with Crippen LogP contribution in [0, 0.1) is 5.92 Å². The summed E-state index contributed by atoms with van der Waals surface area (Å²) in [5, 5.41) is 0. The molecule has 0 saturated heterocycles. The lowest BCUT2D eigenvalue weighted by atomic mass is 10.1. The molecular formula is C15H26BrN3. The highest BCUT2D eigenvalue weighted by Gasteiger charge is 2.10. The third-order valence-electron chi connectivity index (χ3n) is 3.02. The van der Waals surface area contributed by atoms with Gasteiger partial charge in [0.2, 0.25) is 0 Å². The van der Waals surface area contributed by atoms with Gasteiger partial charge in [-0.2, -0.15) is 0 Å². The molecule has 0 aliphatic heterocycles. The molecule has 0 radical (unpaired) electrons. The van der Waals surface area contributed by atoms with Crippen LogP contribution in [0.25, 0.3) is 0 Å². The van der Waals surface area contributed by atoms with Crippen LogP contribution in [-0.2, 0) is 6.54 Å². The fourth-order valence-electron chi connectivity index (χ4n) is 1.99. The molecule has 0 spiro atoms. The molecule has 0 aliphatic rings. The molecule has 4 heteroatoms. The predicted molar refractivity (Wildman–Crippen MR) is 87.6 cm³/mol. The third-order valence-corrected chi connectivity index (χ3v) is 3.76. The van der Waals surface area contributed by atoms with Gasteiger partial charge < -0.3 is 15.5 Å². The van der Waals surface area contributed by atoms with E-state index in [1.807, 2.05) is 0 Å². The van der Waals surface area contributed by atoms with Crippen molar-refractivity contribution < 1.29 is 0 Å². The van der Waals surface area contributed by atoms with E-state index in [1.54, 1.807) is 0 Å². The van der Waals surface area contributed by atoms with Gasteiger partial charge in [0.1, 0.15) is 0 Å². The summed E-state index contributed by atoms with van der Waals surface area (Å²) in [5.74, 6) is 0.648. The average Bonchev–Trinajstić information content (AvgIpc) is 2.33. The van der Waals surface area contributed by atoms with Crippen molar-refractivity contribution in [2.24, 2.45) is 11.7 Å². The zero-order valence-corrected chi connectivity index (χ0v) is 14.1. The summed E-state index contributed by atoms with van der Waals surface area (Å²) in [4.78, 5) is 4.66. The number of benzene rings is 1. The highest BCUT2D eigenvalue weighted by Crippen LogP contribution is 2.24. The van der Waals surface area contributed by atoms with Crippen molar-refractivity contribution in [3.8, 4) is 0 Å². The Balaban J connectivity index is 2.86. The molecule has 0 fully saturated rings. The van der Waals surface area contributed by atoms with E-state index in [9.17, 15) is 0 Å². The van der Waals surface area contributed by atoms with Crippen LogP contribution in [0.2, 0.25) is 0 Å². The van der Waals surface area contributed by atoms with Crippen molar-refractivity contribution >= 4 is 21.6 Å². The van der Waals surface area contributed by atoms with Crippen LogP contribution in [0.1, 0.15) is 19.4 Å². The van der Waals surface area contributed by atoms with Gasteiger partial charge in [0.05, 0.1) is 0 Å². The van der Waals surface area contributed by atoms with Gasteiger partial charge >= 0.3 is 0 Å². The van der Waals surface area contributed by atoms with Gasteiger partial charge in [-0.1, -0.05) is 35.8 Å². The van der Waals surface area contributed by atoms with Crippen LogP contribution < -0.4 is 10.6 Å². The van der Waals surface area contributed by atoms with E-state index < -0.39 is 0 Å². The largest absolute Gasteiger partial charge is 0.370 e. The lowest BCUT2D eigenvalue weighted by molar-refractivity contribution is 0.409. The first-order valence-electron chi connectivity index (χ1n) is 6.82. The Hall–Kier alpha value is -0.580. The molecule has 19 heavy (non-hydrogen) atoms. The quantitative estimate of drug-likeness (QED) is 0.835. The van der Waals surface area contributed by atoms with E-state index in [0.717, 1.165) is 29.7 Å². The van der Waals surface area contributed by atoms with Crippen LogP contribution >= 0.6 is 15.9 Å². The van der Waals surface area contributed by atoms with Gasteiger partial charge in [-0.05, 0) is 37.7 Å². The minimum Gasteiger partial charge on any atom is -0.370 e. The second-order valence-corrected chi connectivity index (χ2v) is 6.48. The second kappa shape index (κ2) is 7.88. The van der Waals surface area contributed by atoms with Gasteiger partial charge in [0.25, 0.3) is 0 Å². The maximum Gasteiger partial charge on any atom is 0.0378 e. The number of halogens is 1. The van der Waals surface area contributed by atoms with Crippen LogP contribution in [0.5, 0.6) is 0 Å². The van der Waals surface area contributed by atoms with Crippen LogP contribution in [0.15, 0.2) is 22.7 Å². The molecule has 0 bridgehead atoms. The fraction of sp³-hybridized carbons (Fsp3) is 0.600. The lowest BCUT2D eigenvalue weighted by Crippen LogP contribution is -2.34. The van der Waals surface area contributed by atoms with Crippen molar-refractivity contribution in [2.45, 2.75) is 20.4 Å². The van der Waals surface area contributed by atoms with Crippen molar-refractivity contribution in [2.75, 3.05) is 38.6 Å². The molecule has 0 saturated carbocycles. The molecule has 0 unspecified atom stereocenters. The molecule has 0 atom stereocenters. The molecule has 1 aromatic carbocycles. The summed E-state index contributed by atoms with van der Waals surface area (Å²) in [6.45, 7) is 8.26. The number of nitrogens with two attached hydrogens (primary N) is 1. The summed E-state index contributed by atoms with van der Waals surface area (Å²) in [6.07, 6.45) is 0. The zero-order valence-electron chi connectivity index (χ0n) is 12.5. The van der Waals surface area contributed by atoms with Crippen molar-refractivity contribution in [3.63, 3.8) is 0 Å². The Labute approximate surface area is 125 Å². The zero-order chi connectivity index (χ0) is 14.4. The molecule has 0 aliphatic carbocycles. The normalized spacial score (nSPS) is 11.4. The van der Waals surface area contributed by atoms with E-state index in [4.69, 9.17) is 5.73 Å². The molecule has 1 aromatic rings. The average molecular weight is 328 g/mol. The Morgan fingerprint density at radius 2 is 1.89 bits per heavy atom. The van der Waals surface area contributed by atoms with Crippen LogP contribution in [-0.4, -0.2) is 38.6 Å². The molecule has 108 valence electrons. The van der Waals surface area contributed by atoms with Gasteiger partial charge in [0, 0.05) is 36.3 Å². The van der Waals surface area contributed by atoms with Gasteiger partial charge in [-0.25, -0.2) is 0 Å². The monoisotopic (exact) mass is 327 g/mol. The number of rotatable bonds is 7. The highest BCUT2D eigenvalue weighted by atomic mass is 79.9. The smallest absolute Gasteiger partial charge is 0.0378 e. The first kappa shape index (κ1) is 16.5. The fourth-order valence-corrected chi connectivity index (χ4v) is 2.51. The Morgan fingerprint density at radius 3 is 2.37 bits per heavy atom. The van der Waals surface area contributed by atoms with Gasteiger partial charge in [-0.3, -0.25) is 0 Å². The first-order valence-corrected chi connectivity index (χ1v) is 7.61. The number of anilines is 1. The molecule has 1 rings (SSSR count). The van der Waals surface area contributed by atoms with E-state index >= 15 is 0 Å². The minimum atomic E-state index is 0.572. The van der Waals surface area contributed by atoms with Crippen LogP contribution in [0.4, 0.5) is 5.69 Å². The highest BCUT2D eigenvalue weighted by molar-refractivity contribution is 9.10. The summed E-state index contributed by atoms with van der Waals surface area (Å²) in [5.41, 5.74) is 8.12. The summed E-state index contributed by atoms with van der Waals surface area (Å²) >= 11 is 3.60. The molecule has 0 heterocycles. The van der Waals surface area contributed by atoms with E-state index in [1.165, 1.54) is 5.69 Å². The standard InChI is InChI=1S/C15H26BrN3/c1-12(2)11-19(8-7-18(3)4)14-6-5-13(10-17)15(16)9-14/h5-6,9,12H,7-8,10-11,17H2,1-4H3. The maximum absolute atomic E-state index is 5.71. The van der Waals surface area contributed by atoms with E-state index in [-0.39, 0.29) is 0 Å².